The molecule has 0 saturated carbocycles. The Hall–Kier alpha value is -1.94. The third-order valence-electron chi connectivity index (χ3n) is 6.45. The van der Waals surface area contributed by atoms with Gasteiger partial charge in [0.25, 0.3) is 15.9 Å². The molecular formula is C26H39N3O4S2. The fourth-order valence-electron chi connectivity index (χ4n) is 4.33. The predicted octanol–water partition coefficient (Wildman–Crippen LogP) is 4.57. The molecule has 7 nitrogen and oxygen atoms in total. The summed E-state index contributed by atoms with van der Waals surface area (Å²) >= 11 is 1.27. The van der Waals surface area contributed by atoms with Gasteiger partial charge in [-0.1, -0.05) is 39.2 Å². The van der Waals surface area contributed by atoms with Crippen molar-refractivity contribution in [2.45, 2.75) is 75.6 Å². The van der Waals surface area contributed by atoms with Crippen molar-refractivity contribution in [2.75, 3.05) is 26.7 Å². The molecule has 2 aromatic rings. The lowest BCUT2D eigenvalue weighted by molar-refractivity contribution is 0.0951. The average Bonchev–Trinajstić information content (AvgIpc) is 3.32. The van der Waals surface area contributed by atoms with Gasteiger partial charge < -0.3 is 15.4 Å². The summed E-state index contributed by atoms with van der Waals surface area (Å²) in [4.78, 5) is 13.4. The summed E-state index contributed by atoms with van der Waals surface area (Å²) < 4.78 is 34.2. The lowest BCUT2D eigenvalue weighted by atomic mass is 10.1. The molecule has 2 heterocycles. The van der Waals surface area contributed by atoms with Crippen molar-refractivity contribution in [1.29, 1.82) is 0 Å². The van der Waals surface area contributed by atoms with Crippen molar-refractivity contribution in [3.8, 4) is 5.75 Å². The Morgan fingerprint density at radius 1 is 1.14 bits per heavy atom. The number of ether oxygens (including phenoxy) is 1. The van der Waals surface area contributed by atoms with E-state index in [1.165, 1.54) is 37.0 Å². The summed E-state index contributed by atoms with van der Waals surface area (Å²) in [5, 5.41) is 6.50. The monoisotopic (exact) mass is 521 g/mol. The summed E-state index contributed by atoms with van der Waals surface area (Å²) in [6, 6.07) is 9.26. The van der Waals surface area contributed by atoms with Crippen LogP contribution in [-0.2, 0) is 23.0 Å². The van der Waals surface area contributed by atoms with Crippen LogP contribution in [0.2, 0.25) is 0 Å². The minimum atomic E-state index is -3.54. The first kappa shape index (κ1) is 27.6. The van der Waals surface area contributed by atoms with Crippen LogP contribution < -0.4 is 15.4 Å². The van der Waals surface area contributed by atoms with Gasteiger partial charge in [-0.2, -0.15) is 4.31 Å². The molecule has 0 atom stereocenters. The highest BCUT2D eigenvalue weighted by Gasteiger charge is 2.32. The van der Waals surface area contributed by atoms with E-state index < -0.39 is 10.0 Å². The molecule has 2 N–H and O–H groups in total. The normalized spacial score (nSPS) is 15.3. The molecule has 1 aliphatic rings. The van der Waals surface area contributed by atoms with Crippen LogP contribution >= 0.6 is 11.3 Å². The molecule has 35 heavy (non-hydrogen) atoms. The maximum atomic E-state index is 13.5. The zero-order chi connectivity index (χ0) is 25.3. The summed E-state index contributed by atoms with van der Waals surface area (Å²) in [5.74, 6) is 0.398. The van der Waals surface area contributed by atoms with Gasteiger partial charge in [0.1, 0.15) is 9.96 Å². The number of methoxy groups -OCH3 is 1. The summed E-state index contributed by atoms with van der Waals surface area (Å²) in [7, 11) is -1.98. The largest absolute Gasteiger partial charge is 0.497 e. The Bertz CT molecular complexity index is 1060. The van der Waals surface area contributed by atoms with Crippen LogP contribution in [0.1, 0.15) is 73.2 Å². The Morgan fingerprint density at radius 2 is 1.91 bits per heavy atom. The molecule has 0 bridgehead atoms. The van der Waals surface area contributed by atoms with Gasteiger partial charge in [-0.3, -0.25) is 4.79 Å². The maximum Gasteiger partial charge on any atom is 0.252 e. The van der Waals surface area contributed by atoms with E-state index in [1.54, 1.807) is 35.7 Å². The summed E-state index contributed by atoms with van der Waals surface area (Å²) in [6.45, 7) is 6.55. The van der Waals surface area contributed by atoms with Gasteiger partial charge in [0.05, 0.1) is 13.7 Å². The number of carbonyl (C=O) groups excluding carboxylic acids is 1. The van der Waals surface area contributed by atoms with Crippen LogP contribution in [0.4, 0.5) is 0 Å². The number of nitrogens with one attached hydrogen (secondary N) is 2. The second-order valence-electron chi connectivity index (χ2n) is 8.99. The number of sulfonamides is 1. The van der Waals surface area contributed by atoms with Gasteiger partial charge in [0.15, 0.2) is 0 Å². The van der Waals surface area contributed by atoms with Crippen molar-refractivity contribution in [3.05, 3.63) is 46.3 Å². The fourth-order valence-corrected chi connectivity index (χ4v) is 7.77. The number of thiophene rings is 1. The van der Waals surface area contributed by atoms with E-state index in [9.17, 15) is 13.2 Å². The third-order valence-corrected chi connectivity index (χ3v) is 10.1. The molecule has 1 aromatic heterocycles. The van der Waals surface area contributed by atoms with Gasteiger partial charge in [-0.15, -0.1) is 11.3 Å². The molecule has 0 aliphatic carbocycles. The highest BCUT2D eigenvalue weighted by atomic mass is 32.2. The highest BCUT2D eigenvalue weighted by molar-refractivity contribution is 7.91. The highest BCUT2D eigenvalue weighted by Crippen LogP contribution is 2.32. The molecule has 0 unspecified atom stereocenters. The molecule has 0 radical (unpaired) electrons. The third kappa shape index (κ3) is 7.52. The van der Waals surface area contributed by atoms with Crippen LogP contribution in [0.15, 0.2) is 34.5 Å². The number of rotatable bonds is 13. The van der Waals surface area contributed by atoms with Crippen molar-refractivity contribution >= 4 is 27.3 Å². The van der Waals surface area contributed by atoms with Crippen LogP contribution in [0.3, 0.4) is 0 Å². The number of piperidine rings is 1. The first-order valence-corrected chi connectivity index (χ1v) is 14.9. The molecule has 1 aromatic carbocycles. The van der Waals surface area contributed by atoms with E-state index in [4.69, 9.17) is 4.74 Å². The molecule has 1 fully saturated rings. The molecule has 194 valence electrons. The van der Waals surface area contributed by atoms with E-state index in [0.29, 0.717) is 41.1 Å². The number of hydrogen-bond acceptors (Lipinski definition) is 6. The minimum Gasteiger partial charge on any atom is -0.497 e. The van der Waals surface area contributed by atoms with Gasteiger partial charge in [0.2, 0.25) is 0 Å². The molecule has 1 aliphatic heterocycles. The molecule has 1 amide bonds. The Kier molecular flexibility index (Phi) is 10.6. The number of aryl methyl sites for hydroxylation is 1. The molecule has 3 rings (SSSR count). The van der Waals surface area contributed by atoms with Crippen molar-refractivity contribution in [1.82, 2.24) is 14.9 Å². The zero-order valence-corrected chi connectivity index (χ0v) is 22.8. The number of hydrogen-bond donors (Lipinski definition) is 2. The van der Waals surface area contributed by atoms with E-state index in [2.05, 4.69) is 17.6 Å². The maximum absolute atomic E-state index is 13.5. The summed E-state index contributed by atoms with van der Waals surface area (Å²) in [5.41, 5.74) is 1.32. The molecular weight excluding hydrogens is 482 g/mol. The Morgan fingerprint density at radius 3 is 2.60 bits per heavy atom. The lowest BCUT2D eigenvalue weighted by Gasteiger charge is -2.31. The number of benzene rings is 1. The van der Waals surface area contributed by atoms with Crippen molar-refractivity contribution < 1.29 is 17.9 Å². The Labute approximate surface area is 214 Å². The minimum absolute atomic E-state index is 0.218. The zero-order valence-electron chi connectivity index (χ0n) is 21.1. The standard InChI is InChI=1S/C26H39N3O4S2/c1-4-6-7-8-14-27-22-12-15-29(16-13-22)35(31,32)26-20(5-2)18-24(34-26)19-28-25(30)21-10-9-11-23(17-21)33-3/h9-11,17-18,22,27H,4-8,12-16,19H2,1-3H3,(H,28,30). The van der Waals surface area contributed by atoms with Gasteiger partial charge >= 0.3 is 0 Å². The van der Waals surface area contributed by atoms with E-state index in [-0.39, 0.29) is 12.5 Å². The van der Waals surface area contributed by atoms with E-state index >= 15 is 0 Å². The van der Waals surface area contributed by atoms with Gasteiger partial charge in [0, 0.05) is 29.6 Å². The lowest BCUT2D eigenvalue weighted by Crippen LogP contribution is -2.45. The van der Waals surface area contributed by atoms with Crippen LogP contribution in [0.5, 0.6) is 5.75 Å². The molecule has 9 heteroatoms. The summed E-state index contributed by atoms with van der Waals surface area (Å²) in [6.07, 6.45) is 7.23. The topological polar surface area (TPSA) is 87.7 Å². The quantitative estimate of drug-likeness (QED) is 0.377. The van der Waals surface area contributed by atoms with E-state index in [1.807, 2.05) is 13.0 Å². The first-order valence-electron chi connectivity index (χ1n) is 12.7. The average molecular weight is 522 g/mol. The predicted molar refractivity (Wildman–Crippen MR) is 142 cm³/mol. The number of carbonyl (C=O) groups is 1. The SMILES string of the molecule is CCCCCCNC1CCN(S(=O)(=O)c2sc(CNC(=O)c3cccc(OC)c3)cc2CC)CC1. The van der Waals surface area contributed by atoms with Crippen molar-refractivity contribution in [2.24, 2.45) is 0 Å². The van der Waals surface area contributed by atoms with Gasteiger partial charge in [-0.25, -0.2) is 8.42 Å². The van der Waals surface area contributed by atoms with Crippen LogP contribution in [0, 0.1) is 0 Å². The van der Waals surface area contributed by atoms with Crippen LogP contribution in [-0.4, -0.2) is 51.4 Å². The fraction of sp³-hybridized carbons (Fsp3) is 0.577. The smallest absolute Gasteiger partial charge is 0.252 e. The van der Waals surface area contributed by atoms with E-state index in [0.717, 1.165) is 29.8 Å². The number of amides is 1. The van der Waals surface area contributed by atoms with Crippen LogP contribution in [0.25, 0.3) is 0 Å². The second-order valence-corrected chi connectivity index (χ2v) is 12.3. The van der Waals surface area contributed by atoms with Crippen molar-refractivity contribution in [3.63, 3.8) is 0 Å². The molecule has 1 saturated heterocycles. The second kappa shape index (κ2) is 13.4. The molecule has 0 spiro atoms. The Balaban J connectivity index is 1.58. The number of unbranched alkanes of at least 4 members (excludes halogenated alkanes) is 3. The van der Waals surface area contributed by atoms with Gasteiger partial charge in [-0.05, 0) is 62.1 Å². The first-order chi connectivity index (χ1) is 16.9. The number of nitrogens with zero attached hydrogens (tertiary/aromatic N) is 1.